The fourth-order valence-corrected chi connectivity index (χ4v) is 1.20. The molecule has 0 saturated heterocycles. The van der Waals surface area contributed by atoms with Gasteiger partial charge in [0.2, 0.25) is 0 Å². The number of rotatable bonds is 4. The molecule has 19 heavy (non-hydrogen) atoms. The summed E-state index contributed by atoms with van der Waals surface area (Å²) in [5, 5.41) is 8.08. The van der Waals surface area contributed by atoms with Crippen LogP contribution in [-0.2, 0) is 4.74 Å². The van der Waals surface area contributed by atoms with Gasteiger partial charge in [-0.25, -0.2) is 19.6 Å². The van der Waals surface area contributed by atoms with Gasteiger partial charge in [0.05, 0.1) is 6.61 Å². The number of aromatic amines is 1. The van der Waals surface area contributed by atoms with Crippen molar-refractivity contribution in [2.75, 3.05) is 25.0 Å². The molecule has 0 atom stereocenters. The lowest BCUT2D eigenvalue weighted by Crippen LogP contribution is -2.43. The summed E-state index contributed by atoms with van der Waals surface area (Å²) < 4.78 is 4.73. The summed E-state index contributed by atoms with van der Waals surface area (Å²) in [4.78, 5) is 35.0. The fourth-order valence-electron chi connectivity index (χ4n) is 1.20. The lowest BCUT2D eigenvalue weighted by molar-refractivity contribution is 0.118. The number of hydrogen-bond donors (Lipinski definition) is 3. The highest BCUT2D eigenvalue weighted by atomic mass is 16.6. The van der Waals surface area contributed by atoms with Gasteiger partial charge in [-0.15, -0.1) is 0 Å². The number of imide groups is 1. The highest BCUT2D eigenvalue weighted by molar-refractivity contribution is 5.98. The first-order valence-corrected chi connectivity index (χ1v) is 5.59. The zero-order valence-corrected chi connectivity index (χ0v) is 10.4. The molecule has 0 bridgehead atoms. The smallest absolute Gasteiger partial charge is 0.418 e. The van der Waals surface area contributed by atoms with Gasteiger partial charge in [0, 0.05) is 19.2 Å². The first kappa shape index (κ1) is 14.6. The van der Waals surface area contributed by atoms with E-state index in [1.807, 2.05) is 0 Å². The molecule has 0 fully saturated rings. The van der Waals surface area contributed by atoms with Crippen LogP contribution < -0.4 is 16.6 Å². The van der Waals surface area contributed by atoms with Crippen LogP contribution >= 0.6 is 0 Å². The van der Waals surface area contributed by atoms with E-state index in [4.69, 9.17) is 10.5 Å². The van der Waals surface area contributed by atoms with Crippen LogP contribution in [0.25, 0.3) is 0 Å². The number of nitrogens with two attached hydrogens (primary N) is 1. The van der Waals surface area contributed by atoms with Crippen molar-refractivity contribution >= 4 is 17.9 Å². The lowest BCUT2D eigenvalue weighted by Gasteiger charge is -2.19. The Morgan fingerprint density at radius 1 is 1.53 bits per heavy atom. The number of carbonyl (C=O) groups is 2. The molecule has 1 heterocycles. The Hall–Kier alpha value is -2.42. The van der Waals surface area contributed by atoms with Gasteiger partial charge < -0.3 is 10.5 Å². The van der Waals surface area contributed by atoms with Crippen molar-refractivity contribution in [3.8, 4) is 0 Å². The molecule has 0 saturated carbocycles. The summed E-state index contributed by atoms with van der Waals surface area (Å²) >= 11 is 0. The molecule has 0 aliphatic carbocycles. The van der Waals surface area contributed by atoms with Crippen molar-refractivity contribution in [3.63, 3.8) is 0 Å². The normalized spacial score (nSPS) is 9.79. The van der Waals surface area contributed by atoms with Crippen LogP contribution in [0, 0.1) is 0 Å². The van der Waals surface area contributed by atoms with Crippen molar-refractivity contribution < 1.29 is 14.3 Å². The van der Waals surface area contributed by atoms with Crippen molar-refractivity contribution in [3.05, 3.63) is 22.5 Å². The van der Waals surface area contributed by atoms with Crippen LogP contribution in [0.4, 0.5) is 15.4 Å². The maximum atomic E-state index is 11.8. The number of H-pyrrole nitrogens is 1. The lowest BCUT2D eigenvalue weighted by atomic mass is 10.5. The van der Waals surface area contributed by atoms with Gasteiger partial charge >= 0.3 is 12.1 Å². The van der Waals surface area contributed by atoms with E-state index in [1.165, 1.54) is 12.1 Å². The van der Waals surface area contributed by atoms with Gasteiger partial charge in [-0.3, -0.25) is 10.1 Å². The van der Waals surface area contributed by atoms with Gasteiger partial charge in [0.25, 0.3) is 5.56 Å². The maximum Gasteiger partial charge on any atom is 0.418 e. The van der Waals surface area contributed by atoms with Crippen LogP contribution in [0.2, 0.25) is 0 Å². The summed E-state index contributed by atoms with van der Waals surface area (Å²) in [5.74, 6) is 0.107. The number of aromatic nitrogens is 2. The molecule has 0 unspecified atom stereocenters. The first-order chi connectivity index (χ1) is 9.08. The zero-order chi connectivity index (χ0) is 14.3. The highest BCUT2D eigenvalue weighted by Gasteiger charge is 2.22. The minimum absolute atomic E-state index is 0.00796. The number of amides is 3. The van der Waals surface area contributed by atoms with Gasteiger partial charge in [0.1, 0.15) is 0 Å². The molecule has 0 spiro atoms. The zero-order valence-electron chi connectivity index (χ0n) is 10.4. The Bertz CT molecular complexity index is 480. The second-order valence-electron chi connectivity index (χ2n) is 3.38. The Kier molecular flexibility index (Phi) is 5.48. The molecule has 1 aromatic heterocycles. The van der Waals surface area contributed by atoms with E-state index in [1.54, 1.807) is 6.92 Å². The number of hydrogen-bond acceptors (Lipinski definition) is 6. The van der Waals surface area contributed by atoms with E-state index < -0.39 is 17.7 Å². The minimum Gasteiger partial charge on any atom is -0.449 e. The second-order valence-corrected chi connectivity index (χ2v) is 3.38. The number of nitrogens with one attached hydrogen (secondary N) is 2. The van der Waals surface area contributed by atoms with Gasteiger partial charge in [0.15, 0.2) is 5.82 Å². The molecule has 104 valence electrons. The van der Waals surface area contributed by atoms with Crippen LogP contribution in [0.1, 0.15) is 6.92 Å². The minimum atomic E-state index is -0.796. The third kappa shape index (κ3) is 4.39. The molecule has 0 aliphatic heterocycles. The summed E-state index contributed by atoms with van der Waals surface area (Å²) in [6, 6.07) is 1.77. The third-order valence-corrected chi connectivity index (χ3v) is 2.00. The van der Waals surface area contributed by atoms with E-state index in [0.717, 1.165) is 4.90 Å². The van der Waals surface area contributed by atoms with E-state index in [2.05, 4.69) is 15.5 Å². The Morgan fingerprint density at radius 2 is 2.26 bits per heavy atom. The molecule has 3 amide bonds. The average Bonchev–Trinajstić information content (AvgIpc) is 2.38. The predicted molar refractivity (Wildman–Crippen MR) is 66.7 cm³/mol. The topological polar surface area (TPSA) is 130 Å². The summed E-state index contributed by atoms with van der Waals surface area (Å²) in [6.07, 6.45) is -0.796. The third-order valence-electron chi connectivity index (χ3n) is 2.00. The summed E-state index contributed by atoms with van der Waals surface area (Å²) in [6.45, 7) is 1.88. The molecular formula is C10H15N5O4. The van der Waals surface area contributed by atoms with Gasteiger partial charge in [-0.2, -0.15) is 5.10 Å². The van der Waals surface area contributed by atoms with Gasteiger partial charge in [-0.1, -0.05) is 0 Å². The van der Waals surface area contributed by atoms with Crippen LogP contribution in [-0.4, -0.2) is 46.9 Å². The molecular weight excluding hydrogens is 254 g/mol. The van der Waals surface area contributed by atoms with Crippen molar-refractivity contribution in [1.82, 2.24) is 15.1 Å². The average molecular weight is 269 g/mol. The van der Waals surface area contributed by atoms with E-state index in [9.17, 15) is 14.4 Å². The standard InChI is InChI=1S/C10H15N5O4/c1-2-19-10(18)15(6-5-11)9(17)12-7-3-4-8(16)14-13-7/h3-4H,2,5-6,11H2,1H3,(H,14,16)(H,12,13,17). The Labute approximate surface area is 108 Å². The maximum absolute atomic E-state index is 11.8. The number of ether oxygens (including phenoxy) is 1. The van der Waals surface area contributed by atoms with Gasteiger partial charge in [-0.05, 0) is 13.0 Å². The van der Waals surface area contributed by atoms with Crippen molar-refractivity contribution in [2.24, 2.45) is 5.73 Å². The molecule has 1 rings (SSSR count). The summed E-state index contributed by atoms with van der Waals surface area (Å²) in [5.41, 5.74) is 4.92. The molecule has 9 nitrogen and oxygen atoms in total. The second kappa shape index (κ2) is 7.11. The van der Waals surface area contributed by atoms with Crippen LogP contribution in [0.15, 0.2) is 16.9 Å². The number of anilines is 1. The SMILES string of the molecule is CCOC(=O)N(CCN)C(=O)Nc1ccc(=O)[nH]n1. The largest absolute Gasteiger partial charge is 0.449 e. The quantitative estimate of drug-likeness (QED) is 0.689. The monoisotopic (exact) mass is 269 g/mol. The van der Waals surface area contributed by atoms with Crippen molar-refractivity contribution in [2.45, 2.75) is 6.92 Å². The Morgan fingerprint density at radius 3 is 2.79 bits per heavy atom. The van der Waals surface area contributed by atoms with Crippen LogP contribution in [0.3, 0.4) is 0 Å². The van der Waals surface area contributed by atoms with Crippen LogP contribution in [0.5, 0.6) is 0 Å². The molecule has 0 aliphatic rings. The van der Waals surface area contributed by atoms with E-state index in [-0.39, 0.29) is 25.5 Å². The fraction of sp³-hybridized carbons (Fsp3) is 0.400. The Balaban J connectivity index is 2.73. The van der Waals surface area contributed by atoms with E-state index >= 15 is 0 Å². The molecule has 0 radical (unpaired) electrons. The summed E-state index contributed by atoms with van der Waals surface area (Å²) in [7, 11) is 0. The first-order valence-electron chi connectivity index (χ1n) is 5.59. The molecule has 9 heteroatoms. The highest BCUT2D eigenvalue weighted by Crippen LogP contribution is 2.02. The molecule has 0 aromatic carbocycles. The number of nitrogens with zero attached hydrogens (tertiary/aromatic N) is 2. The van der Waals surface area contributed by atoms with Crippen molar-refractivity contribution in [1.29, 1.82) is 0 Å². The number of urea groups is 1. The number of carbonyl (C=O) groups excluding carboxylic acids is 2. The predicted octanol–water partition coefficient (Wildman–Crippen LogP) is -0.281. The molecule has 1 aromatic rings. The van der Waals surface area contributed by atoms with E-state index in [0.29, 0.717) is 0 Å². The molecule has 4 N–H and O–H groups in total.